The van der Waals surface area contributed by atoms with Crippen LogP contribution in [0, 0.1) is 5.92 Å². The van der Waals surface area contributed by atoms with Crippen LogP contribution in [0.2, 0.25) is 0 Å². The number of likely N-dealkylation sites (tertiary alicyclic amines) is 1. The Morgan fingerprint density at radius 1 is 0.300 bits per heavy atom. The van der Waals surface area contributed by atoms with Crippen molar-refractivity contribution in [3.8, 4) is 0 Å². The van der Waals surface area contributed by atoms with E-state index in [9.17, 15) is 19.2 Å². The van der Waals surface area contributed by atoms with Gasteiger partial charge in [-0.3, -0.25) is 24.1 Å². The van der Waals surface area contributed by atoms with Gasteiger partial charge in [-0.2, -0.15) is 0 Å². The van der Waals surface area contributed by atoms with Crippen molar-refractivity contribution in [2.45, 2.75) is 33.1 Å². The molecule has 30 heteroatoms. The number of rotatable bonds is 78. The van der Waals surface area contributed by atoms with Gasteiger partial charge in [-0.25, -0.2) is 0 Å². The summed E-state index contributed by atoms with van der Waals surface area (Å²) in [5.74, 6) is -0.868. The van der Waals surface area contributed by atoms with Crippen LogP contribution < -0.4 is 5.32 Å². The third-order valence-corrected chi connectivity index (χ3v) is 11.8. The Bertz CT molecular complexity index is 1540. The Hall–Kier alpha value is -2.68. The number of amides is 3. The third kappa shape index (κ3) is 65.4. The minimum absolute atomic E-state index is 0.0769. The molecule has 0 saturated carbocycles. The normalized spacial score (nSPS) is 13.4. The molecular weight excluding hydrogens is 1200 g/mol. The quantitative estimate of drug-likeness (QED) is 0.0631. The monoisotopic (exact) mass is 1310 g/mol. The summed E-state index contributed by atoms with van der Waals surface area (Å²) < 4.78 is 132. The maximum Gasteiger partial charge on any atom is 0.232 e. The number of imide groups is 1. The third-order valence-electron chi connectivity index (χ3n) is 11.8. The highest BCUT2D eigenvalue weighted by Gasteiger charge is 2.35. The highest BCUT2D eigenvalue weighted by atomic mass is 16.6. The molecule has 1 heterocycles. The highest BCUT2D eigenvalue weighted by molar-refractivity contribution is 6.03. The predicted octanol–water partition coefficient (Wildman–Crippen LogP) is 0.265. The number of carbonyl (C=O) groups is 4. The van der Waals surface area contributed by atoms with E-state index < -0.39 is 0 Å². The molecule has 0 spiro atoms. The number of ketones is 1. The molecule has 1 atom stereocenters. The largest absolute Gasteiger partial charge is 0.379 e. The van der Waals surface area contributed by atoms with Crippen LogP contribution in [0.3, 0.4) is 0 Å². The second-order valence-corrected chi connectivity index (χ2v) is 19.2. The Morgan fingerprint density at radius 2 is 0.478 bits per heavy atom. The van der Waals surface area contributed by atoms with Gasteiger partial charge >= 0.3 is 0 Å². The average Bonchev–Trinajstić information content (AvgIpc) is 2.79. The van der Waals surface area contributed by atoms with E-state index in [-0.39, 0.29) is 48.8 Å². The van der Waals surface area contributed by atoms with E-state index in [1.165, 1.54) is 0 Å². The van der Waals surface area contributed by atoms with Crippen molar-refractivity contribution < 1.29 is 133 Å². The molecule has 30 nitrogen and oxygen atoms in total. The first-order valence-electron chi connectivity index (χ1n) is 31.9. The SMILES string of the molecule is CC(=O)CCOCCOCCOCCOCCOCCOCCOCCOCCOCCOCCOCCOCCOCCOCCOCCOCCOCCOCCOCCOCCOCCOCCOCCOCCNC(=O)CCN1C(=O)CC(C)C1=O. The molecule has 0 radical (unpaired) electrons. The molecule has 0 bridgehead atoms. The summed E-state index contributed by atoms with van der Waals surface area (Å²) in [6.45, 7) is 26.0. The molecule has 532 valence electrons. The van der Waals surface area contributed by atoms with E-state index in [2.05, 4.69) is 5.32 Å². The van der Waals surface area contributed by atoms with Crippen LogP contribution in [0.15, 0.2) is 0 Å². The average molecular weight is 1310 g/mol. The molecule has 0 aliphatic carbocycles. The van der Waals surface area contributed by atoms with E-state index in [4.69, 9.17) is 114 Å². The predicted molar refractivity (Wildman–Crippen MR) is 323 cm³/mol. The van der Waals surface area contributed by atoms with Crippen LogP contribution in [0.4, 0.5) is 0 Å². The van der Waals surface area contributed by atoms with Crippen molar-refractivity contribution in [3.05, 3.63) is 0 Å². The fourth-order valence-electron chi connectivity index (χ4n) is 7.02. The maximum atomic E-state index is 11.9. The molecule has 0 aromatic rings. The molecule has 0 aromatic heterocycles. The van der Waals surface area contributed by atoms with Crippen LogP contribution in [0.5, 0.6) is 0 Å². The molecule has 3 amide bonds. The molecule has 90 heavy (non-hydrogen) atoms. The first kappa shape index (κ1) is 85.3. The standard InChI is InChI=1S/C60H114N2O28/c1-56-55-59(65)62(60(56)66)6-3-58(64)61-5-8-68-10-12-70-14-16-72-18-20-74-22-24-76-26-28-78-30-32-80-34-36-82-38-40-84-42-44-86-46-48-88-50-52-90-54-53-89-51-49-87-47-45-85-43-41-83-39-37-81-35-33-79-31-29-77-27-25-75-23-21-73-19-17-71-15-13-69-11-9-67-7-4-57(2)63/h56H,3-55H2,1-2H3,(H,61,64). The number of Topliss-reactive ketones (excluding diaryl/α,β-unsaturated/α-hetero) is 1. The van der Waals surface area contributed by atoms with Gasteiger partial charge in [0.05, 0.1) is 317 Å². The molecule has 1 aliphatic heterocycles. The lowest BCUT2D eigenvalue weighted by Crippen LogP contribution is -2.35. The first-order chi connectivity index (χ1) is 44.4. The zero-order valence-electron chi connectivity index (χ0n) is 54.4. The van der Waals surface area contributed by atoms with E-state index in [0.29, 0.717) is 330 Å². The van der Waals surface area contributed by atoms with Gasteiger partial charge in [-0.15, -0.1) is 0 Å². The molecule has 0 aromatic carbocycles. The molecule has 1 unspecified atom stereocenters. The summed E-state index contributed by atoms with van der Waals surface area (Å²) in [6, 6.07) is 0. The number of hydrogen-bond donors (Lipinski definition) is 1. The Labute approximate surface area is 534 Å². The van der Waals surface area contributed by atoms with Crippen molar-refractivity contribution in [2.24, 2.45) is 5.92 Å². The highest BCUT2D eigenvalue weighted by Crippen LogP contribution is 2.18. The number of ether oxygens (including phenoxy) is 24. The Balaban J connectivity index is 1.60. The molecule has 1 N–H and O–H groups in total. The van der Waals surface area contributed by atoms with Crippen LogP contribution in [0.1, 0.15) is 33.1 Å². The summed E-state index contributed by atoms with van der Waals surface area (Å²) in [5, 5.41) is 2.71. The maximum absolute atomic E-state index is 11.9. The van der Waals surface area contributed by atoms with Gasteiger partial charge in [0.1, 0.15) is 5.78 Å². The van der Waals surface area contributed by atoms with E-state index in [1.807, 2.05) is 0 Å². The minimum Gasteiger partial charge on any atom is -0.379 e. The molecular formula is C60H114N2O28. The van der Waals surface area contributed by atoms with Crippen molar-refractivity contribution in [2.75, 3.05) is 330 Å². The fourth-order valence-corrected chi connectivity index (χ4v) is 7.02. The molecule has 1 fully saturated rings. The van der Waals surface area contributed by atoms with E-state index >= 15 is 0 Å². The Morgan fingerprint density at radius 3 is 0.644 bits per heavy atom. The summed E-state index contributed by atoms with van der Waals surface area (Å²) in [5.41, 5.74) is 0. The van der Waals surface area contributed by atoms with Crippen molar-refractivity contribution in [1.82, 2.24) is 10.2 Å². The fraction of sp³-hybridized carbons (Fsp3) is 0.933. The second kappa shape index (κ2) is 72.2. The second-order valence-electron chi connectivity index (χ2n) is 19.2. The molecule has 1 saturated heterocycles. The summed E-state index contributed by atoms with van der Waals surface area (Å²) in [6.07, 6.45) is 0.717. The van der Waals surface area contributed by atoms with Crippen molar-refractivity contribution in [1.29, 1.82) is 0 Å². The lowest BCUT2D eigenvalue weighted by atomic mass is 10.1. The first-order valence-corrected chi connectivity index (χ1v) is 31.9. The van der Waals surface area contributed by atoms with Crippen molar-refractivity contribution in [3.63, 3.8) is 0 Å². The van der Waals surface area contributed by atoms with Crippen LogP contribution in [0.25, 0.3) is 0 Å². The molecule has 1 aliphatic rings. The van der Waals surface area contributed by atoms with Gasteiger partial charge < -0.3 is 119 Å². The zero-order valence-corrected chi connectivity index (χ0v) is 54.4. The topological polar surface area (TPSA) is 305 Å². The summed E-state index contributed by atoms with van der Waals surface area (Å²) in [4.78, 5) is 47.6. The minimum atomic E-state index is -0.310. The van der Waals surface area contributed by atoms with E-state index in [1.54, 1.807) is 13.8 Å². The van der Waals surface area contributed by atoms with E-state index in [0.717, 1.165) is 4.90 Å². The Kier molecular flexibility index (Phi) is 68.4. The van der Waals surface area contributed by atoms with Gasteiger partial charge in [0.2, 0.25) is 17.7 Å². The summed E-state index contributed by atoms with van der Waals surface area (Å²) >= 11 is 0. The van der Waals surface area contributed by atoms with Crippen LogP contribution >= 0.6 is 0 Å². The van der Waals surface area contributed by atoms with Gasteiger partial charge in [0.15, 0.2) is 0 Å². The smallest absolute Gasteiger partial charge is 0.232 e. The molecule has 1 rings (SSSR count). The lowest BCUT2D eigenvalue weighted by molar-refractivity contribution is -0.139. The van der Waals surface area contributed by atoms with Gasteiger partial charge in [0, 0.05) is 38.3 Å². The van der Waals surface area contributed by atoms with Crippen LogP contribution in [-0.4, -0.2) is 359 Å². The van der Waals surface area contributed by atoms with Crippen molar-refractivity contribution >= 4 is 23.5 Å². The number of carbonyl (C=O) groups excluding carboxylic acids is 4. The lowest BCUT2D eigenvalue weighted by Gasteiger charge is -2.14. The summed E-state index contributed by atoms with van der Waals surface area (Å²) in [7, 11) is 0. The number of hydrogen-bond acceptors (Lipinski definition) is 28. The number of nitrogens with zero attached hydrogens (tertiary/aromatic N) is 1. The van der Waals surface area contributed by atoms with Crippen LogP contribution in [-0.2, 0) is 133 Å². The zero-order chi connectivity index (χ0) is 64.6. The van der Waals surface area contributed by atoms with Gasteiger partial charge in [-0.1, -0.05) is 6.92 Å². The van der Waals surface area contributed by atoms with Gasteiger partial charge in [-0.05, 0) is 6.92 Å². The van der Waals surface area contributed by atoms with Gasteiger partial charge in [0.25, 0.3) is 0 Å². The number of nitrogens with one attached hydrogen (secondary N) is 1.